The third-order valence-electron chi connectivity index (χ3n) is 11.8. The monoisotopic (exact) mass is 673 g/mol. The molecule has 0 radical (unpaired) electrons. The molecular formula is C51H31NO. The first kappa shape index (κ1) is 28.8. The van der Waals surface area contributed by atoms with Gasteiger partial charge >= 0.3 is 0 Å². The van der Waals surface area contributed by atoms with Gasteiger partial charge in [0.25, 0.3) is 0 Å². The fourth-order valence-corrected chi connectivity index (χ4v) is 9.65. The molecule has 1 aromatic heterocycles. The number of anilines is 3. The second kappa shape index (κ2) is 10.6. The molecule has 2 aliphatic carbocycles. The summed E-state index contributed by atoms with van der Waals surface area (Å²) in [7, 11) is 0. The van der Waals surface area contributed by atoms with Crippen LogP contribution in [0.4, 0.5) is 17.1 Å². The molecule has 0 aliphatic heterocycles. The van der Waals surface area contributed by atoms with E-state index in [1.807, 2.05) is 12.1 Å². The van der Waals surface area contributed by atoms with Gasteiger partial charge in [-0.2, -0.15) is 0 Å². The molecule has 0 fully saturated rings. The van der Waals surface area contributed by atoms with Gasteiger partial charge < -0.3 is 9.32 Å². The van der Waals surface area contributed by atoms with Crippen molar-refractivity contribution in [2.75, 3.05) is 4.90 Å². The summed E-state index contributed by atoms with van der Waals surface area (Å²) in [6, 6.07) is 69.1. The minimum absolute atomic E-state index is 0.418. The Morgan fingerprint density at radius 1 is 0.340 bits per heavy atom. The normalized spacial score (nSPS) is 13.4. The number of hydrogen-bond acceptors (Lipinski definition) is 2. The average molecular weight is 674 g/mol. The number of para-hydroxylation sites is 2. The van der Waals surface area contributed by atoms with Gasteiger partial charge in [0.1, 0.15) is 11.2 Å². The van der Waals surface area contributed by atoms with Gasteiger partial charge in [-0.25, -0.2) is 0 Å². The number of rotatable bonds is 3. The summed E-state index contributed by atoms with van der Waals surface area (Å²) in [5, 5.41) is 7.26. The predicted molar refractivity (Wildman–Crippen MR) is 220 cm³/mol. The van der Waals surface area contributed by atoms with E-state index in [9.17, 15) is 0 Å². The smallest absolute Gasteiger partial charge is 0.135 e. The van der Waals surface area contributed by atoms with Crippen molar-refractivity contribution in [2.24, 2.45) is 0 Å². The van der Waals surface area contributed by atoms with Crippen molar-refractivity contribution in [1.29, 1.82) is 0 Å². The summed E-state index contributed by atoms with van der Waals surface area (Å²) in [6.07, 6.45) is 0. The van der Waals surface area contributed by atoms with Crippen molar-refractivity contribution in [3.63, 3.8) is 0 Å². The van der Waals surface area contributed by atoms with Gasteiger partial charge in [-0.1, -0.05) is 127 Å². The van der Waals surface area contributed by atoms with Crippen molar-refractivity contribution in [3.05, 3.63) is 210 Å². The molecular weight excluding hydrogens is 643 g/mol. The zero-order valence-electron chi connectivity index (χ0n) is 28.8. The number of fused-ring (bicyclic) bond motifs is 16. The van der Waals surface area contributed by atoms with Crippen LogP contribution in [0.5, 0.6) is 0 Å². The van der Waals surface area contributed by atoms with Gasteiger partial charge in [0.05, 0.1) is 5.41 Å². The van der Waals surface area contributed by atoms with E-state index in [1.54, 1.807) is 0 Å². The number of furan rings is 1. The fourth-order valence-electron chi connectivity index (χ4n) is 9.65. The van der Waals surface area contributed by atoms with Crippen LogP contribution in [0.1, 0.15) is 22.3 Å². The van der Waals surface area contributed by atoms with Gasteiger partial charge in [-0.3, -0.25) is 0 Å². The minimum Gasteiger partial charge on any atom is -0.456 e. The highest BCUT2D eigenvalue weighted by atomic mass is 16.3. The number of nitrogens with zero attached hydrogens (tertiary/aromatic N) is 1. The summed E-state index contributed by atoms with van der Waals surface area (Å²) in [4.78, 5) is 2.37. The Bertz CT molecular complexity index is 3090. The first-order valence-electron chi connectivity index (χ1n) is 18.3. The van der Waals surface area contributed by atoms with Crippen LogP contribution in [0.2, 0.25) is 0 Å². The molecule has 0 unspecified atom stereocenters. The average Bonchev–Trinajstić information content (AvgIpc) is 3.84. The Kier molecular flexibility index (Phi) is 5.73. The molecule has 2 nitrogen and oxygen atoms in total. The van der Waals surface area contributed by atoms with E-state index in [2.05, 4.69) is 181 Å². The molecule has 53 heavy (non-hydrogen) atoms. The second-order valence-corrected chi connectivity index (χ2v) is 14.4. The Balaban J connectivity index is 1.13. The SMILES string of the molecule is c1ccc(N(c2ccc3cc4c(cc3c2)C2(c3ccccc3-c3ccccc32)c2ccc3ccccc3c2-4)c2ccc3oc4ccccc4c3c2)cc1. The molecule has 0 saturated carbocycles. The van der Waals surface area contributed by atoms with Gasteiger partial charge in [0.15, 0.2) is 0 Å². The van der Waals surface area contributed by atoms with Crippen LogP contribution < -0.4 is 4.90 Å². The molecule has 1 heterocycles. The fraction of sp³-hybridized carbons (Fsp3) is 0.0196. The van der Waals surface area contributed by atoms with Crippen molar-refractivity contribution < 1.29 is 4.42 Å². The maximum atomic E-state index is 6.23. The third-order valence-corrected chi connectivity index (χ3v) is 11.8. The van der Waals surface area contributed by atoms with E-state index < -0.39 is 5.41 Å². The lowest BCUT2D eigenvalue weighted by molar-refractivity contribution is 0.669. The number of hydrogen-bond donors (Lipinski definition) is 0. The predicted octanol–water partition coefficient (Wildman–Crippen LogP) is 13.7. The van der Waals surface area contributed by atoms with Crippen molar-refractivity contribution >= 4 is 60.5 Å². The lowest BCUT2D eigenvalue weighted by atomic mass is 9.70. The van der Waals surface area contributed by atoms with Crippen molar-refractivity contribution in [2.45, 2.75) is 5.41 Å². The van der Waals surface area contributed by atoms with E-state index in [4.69, 9.17) is 4.42 Å². The van der Waals surface area contributed by atoms with Crippen LogP contribution in [-0.2, 0) is 5.41 Å². The molecule has 2 heteroatoms. The second-order valence-electron chi connectivity index (χ2n) is 14.4. The molecule has 0 N–H and O–H groups in total. The summed E-state index contributed by atoms with van der Waals surface area (Å²) in [6.45, 7) is 0. The number of benzene rings is 9. The van der Waals surface area contributed by atoms with E-state index >= 15 is 0 Å². The van der Waals surface area contributed by atoms with Crippen LogP contribution >= 0.6 is 0 Å². The summed E-state index contributed by atoms with van der Waals surface area (Å²) >= 11 is 0. The Morgan fingerprint density at radius 2 is 0.981 bits per heavy atom. The Hall–Kier alpha value is -6.90. The molecule has 12 rings (SSSR count). The topological polar surface area (TPSA) is 16.4 Å². The van der Waals surface area contributed by atoms with Crippen LogP contribution in [0.3, 0.4) is 0 Å². The molecule has 9 aromatic carbocycles. The van der Waals surface area contributed by atoms with E-state index in [-0.39, 0.29) is 0 Å². The highest BCUT2D eigenvalue weighted by Gasteiger charge is 2.52. The molecule has 0 saturated heterocycles. The quantitative estimate of drug-likeness (QED) is 0.186. The summed E-state index contributed by atoms with van der Waals surface area (Å²) in [5.41, 5.74) is 15.4. The zero-order chi connectivity index (χ0) is 34.7. The van der Waals surface area contributed by atoms with Gasteiger partial charge in [0, 0.05) is 27.8 Å². The van der Waals surface area contributed by atoms with Crippen LogP contribution in [0.15, 0.2) is 192 Å². The first-order valence-corrected chi connectivity index (χ1v) is 18.3. The van der Waals surface area contributed by atoms with E-state index in [0.29, 0.717) is 0 Å². The van der Waals surface area contributed by atoms with Crippen LogP contribution in [0, 0.1) is 0 Å². The zero-order valence-corrected chi connectivity index (χ0v) is 28.8. The largest absolute Gasteiger partial charge is 0.456 e. The molecule has 2 aliphatic rings. The Morgan fingerprint density at radius 3 is 1.81 bits per heavy atom. The maximum absolute atomic E-state index is 6.23. The lowest BCUT2D eigenvalue weighted by Crippen LogP contribution is -2.25. The molecule has 1 spiro atoms. The standard InChI is InChI=1S/C51H31NO/c1-2-13-35(14-3-1)52(37-25-27-49-42(31-37)41-18-8-11-21-48(41)53-49)36-24-22-33-29-43-47(30-34(33)28-36)51(46-26-23-32-12-4-5-15-38(32)50(43)46)44-19-9-6-16-39(44)40-17-7-10-20-45(40)51/h1-31H. The highest BCUT2D eigenvalue weighted by molar-refractivity contribution is 6.10. The molecule has 0 atom stereocenters. The van der Waals surface area contributed by atoms with Gasteiger partial charge in [-0.05, 0) is 127 Å². The van der Waals surface area contributed by atoms with Gasteiger partial charge in [0.2, 0.25) is 0 Å². The van der Waals surface area contributed by atoms with Crippen molar-refractivity contribution in [3.8, 4) is 22.3 Å². The summed E-state index contributed by atoms with van der Waals surface area (Å²) < 4.78 is 6.23. The molecule has 246 valence electrons. The molecule has 0 amide bonds. The highest BCUT2D eigenvalue weighted by Crippen LogP contribution is 2.64. The minimum atomic E-state index is -0.418. The lowest BCUT2D eigenvalue weighted by Gasteiger charge is -2.31. The van der Waals surface area contributed by atoms with Crippen LogP contribution in [-0.4, -0.2) is 0 Å². The molecule has 0 bridgehead atoms. The van der Waals surface area contributed by atoms with Crippen LogP contribution in [0.25, 0.3) is 65.7 Å². The Labute approximate surface area is 306 Å². The summed E-state index contributed by atoms with van der Waals surface area (Å²) in [5.74, 6) is 0. The maximum Gasteiger partial charge on any atom is 0.135 e. The first-order chi connectivity index (χ1) is 26.3. The van der Waals surface area contributed by atoms with E-state index in [1.165, 1.54) is 66.1 Å². The van der Waals surface area contributed by atoms with Crippen molar-refractivity contribution in [1.82, 2.24) is 0 Å². The van der Waals surface area contributed by atoms with E-state index in [0.717, 1.165) is 39.0 Å². The third kappa shape index (κ3) is 3.82. The van der Waals surface area contributed by atoms with Gasteiger partial charge in [-0.15, -0.1) is 0 Å². The molecule has 10 aromatic rings.